The summed E-state index contributed by atoms with van der Waals surface area (Å²) < 4.78 is 16.0. The van der Waals surface area contributed by atoms with Crippen molar-refractivity contribution in [3.8, 4) is 0 Å². The van der Waals surface area contributed by atoms with E-state index in [-0.39, 0.29) is 17.4 Å². The van der Waals surface area contributed by atoms with Gasteiger partial charge in [-0.3, -0.25) is 4.79 Å². The summed E-state index contributed by atoms with van der Waals surface area (Å²) in [7, 11) is 2.16. The lowest BCUT2D eigenvalue weighted by Crippen LogP contribution is -2.43. The van der Waals surface area contributed by atoms with Crippen molar-refractivity contribution >= 4 is 26.9 Å². The van der Waals surface area contributed by atoms with Crippen molar-refractivity contribution in [1.29, 1.82) is 0 Å². The number of carbonyl (C=O) groups excluding carboxylic acids is 2. The largest absolute Gasteiger partial charge is 0.500 e. The van der Waals surface area contributed by atoms with Gasteiger partial charge < -0.3 is 29.0 Å². The first kappa shape index (κ1) is 37.2. The topological polar surface area (TPSA) is 136 Å². The molecule has 0 aromatic heterocycles. The maximum absolute atomic E-state index is 11.9. The zero-order chi connectivity index (χ0) is 29.8. The van der Waals surface area contributed by atoms with Crippen LogP contribution in [0.15, 0.2) is 4.99 Å². The Balaban J connectivity index is 0.000000864. The highest BCUT2D eigenvalue weighted by atomic mass is 28.4. The number of hydrogen-bond donors (Lipinski definition) is 3. The Morgan fingerprint density at radius 3 is 2.21 bits per heavy atom. The number of nitrogens with zero attached hydrogens (tertiary/aromatic N) is 1. The molecule has 1 saturated carbocycles. The lowest BCUT2D eigenvalue weighted by molar-refractivity contribution is -0.121. The van der Waals surface area contributed by atoms with Crippen molar-refractivity contribution < 1.29 is 32.8 Å². The average molecular weight is 574 g/mol. The van der Waals surface area contributed by atoms with E-state index in [1.165, 1.54) is 25.7 Å². The number of aliphatic imine (C=N–C) groups is 1. The van der Waals surface area contributed by atoms with Crippen molar-refractivity contribution in [2.45, 2.75) is 117 Å². The number of carbonyl (C=O) groups is 2. The summed E-state index contributed by atoms with van der Waals surface area (Å²) in [6.45, 7) is 10.0. The molecule has 0 aromatic rings. The van der Waals surface area contributed by atoms with Crippen LogP contribution in [0.1, 0.15) is 105 Å². The van der Waals surface area contributed by atoms with E-state index in [0.29, 0.717) is 37.4 Å². The molecule has 0 aliphatic heterocycles. The van der Waals surface area contributed by atoms with Gasteiger partial charge in [0, 0.05) is 46.9 Å². The van der Waals surface area contributed by atoms with Crippen molar-refractivity contribution in [2.24, 2.45) is 15.8 Å². The van der Waals surface area contributed by atoms with Crippen molar-refractivity contribution in [3.05, 3.63) is 0 Å². The fourth-order valence-corrected chi connectivity index (χ4v) is 7.12. The van der Waals surface area contributed by atoms with Gasteiger partial charge in [0.15, 0.2) is 0 Å². The molecule has 3 N–H and O–H groups in total. The quantitative estimate of drug-likeness (QED) is 0.0830. The molecule has 0 spiro atoms. The van der Waals surface area contributed by atoms with E-state index in [1.807, 2.05) is 0 Å². The third kappa shape index (κ3) is 17.5. The zero-order valence-corrected chi connectivity index (χ0v) is 26.5. The van der Waals surface area contributed by atoms with Crippen LogP contribution < -0.4 is 10.6 Å². The van der Waals surface area contributed by atoms with Gasteiger partial charge in [0.25, 0.3) is 0 Å². The van der Waals surface area contributed by atoms with E-state index in [0.717, 1.165) is 38.5 Å². The molecule has 1 aliphatic rings. The average Bonchev–Trinajstić information content (AvgIpc) is 2.89. The third-order valence-corrected chi connectivity index (χ3v) is 10.3. The number of amides is 2. The predicted molar refractivity (Wildman–Crippen MR) is 156 cm³/mol. The van der Waals surface area contributed by atoms with Crippen LogP contribution in [0.4, 0.5) is 4.79 Å². The molecule has 0 saturated heterocycles. The van der Waals surface area contributed by atoms with Gasteiger partial charge in [0.2, 0.25) is 12.0 Å². The molecule has 10 nitrogen and oxygen atoms in total. The molecule has 1 fully saturated rings. The van der Waals surface area contributed by atoms with Crippen LogP contribution >= 0.6 is 0 Å². The van der Waals surface area contributed by atoms with Gasteiger partial charge >= 0.3 is 14.9 Å². The second-order valence-corrected chi connectivity index (χ2v) is 14.8. The Morgan fingerprint density at radius 1 is 1.00 bits per heavy atom. The predicted octanol–water partition coefficient (Wildman–Crippen LogP) is 5.69. The maximum atomic E-state index is 11.9. The van der Waals surface area contributed by atoms with Gasteiger partial charge in [0.05, 0.1) is 6.04 Å². The zero-order valence-electron chi connectivity index (χ0n) is 25.5. The summed E-state index contributed by atoms with van der Waals surface area (Å²) in [5.41, 5.74) is 0.521. The minimum Gasteiger partial charge on any atom is -0.465 e. The number of carboxylic acid groups (broad SMARTS) is 1. The molecule has 0 heterocycles. The molecule has 39 heavy (non-hydrogen) atoms. The Bertz CT molecular complexity index is 734. The van der Waals surface area contributed by atoms with Crippen LogP contribution in [0.5, 0.6) is 0 Å². The van der Waals surface area contributed by atoms with Gasteiger partial charge in [0.1, 0.15) is 0 Å². The summed E-state index contributed by atoms with van der Waals surface area (Å²) in [6.07, 6.45) is 12.5. The van der Waals surface area contributed by atoms with Gasteiger partial charge in [-0.05, 0) is 49.4 Å². The minimum atomic E-state index is -2.57. The molecule has 11 heteroatoms. The minimum absolute atomic E-state index is 0.0285. The lowest BCUT2D eigenvalue weighted by Gasteiger charge is -2.42. The van der Waals surface area contributed by atoms with Crippen LogP contribution in [0.2, 0.25) is 6.04 Å². The van der Waals surface area contributed by atoms with Gasteiger partial charge in [-0.15, -0.1) is 0 Å². The molecule has 0 radical (unpaired) electrons. The fourth-order valence-electron chi connectivity index (χ4n) is 5.40. The van der Waals surface area contributed by atoms with E-state index in [2.05, 4.69) is 43.3 Å². The molecule has 0 bridgehead atoms. The highest BCUT2D eigenvalue weighted by Crippen LogP contribution is 2.45. The van der Waals surface area contributed by atoms with E-state index in [1.54, 1.807) is 27.4 Å². The Kier molecular flexibility index (Phi) is 19.2. The summed E-state index contributed by atoms with van der Waals surface area (Å²) in [5.74, 6) is -0.0285. The summed E-state index contributed by atoms with van der Waals surface area (Å²) in [5, 5.41) is 14.0. The van der Waals surface area contributed by atoms with Crippen molar-refractivity contribution in [3.63, 3.8) is 0 Å². The molecule has 2 amide bonds. The SMILES string of the molecule is CC1(C)CCCC(C)(CNC(=O)O)C1.CCCCCCC(CCC(=O)NCCC[Si](OC)(OC)OC)N=C=O. The Morgan fingerprint density at radius 2 is 1.67 bits per heavy atom. The number of isocyanates is 1. The summed E-state index contributed by atoms with van der Waals surface area (Å²) in [4.78, 5) is 36.7. The number of rotatable bonds is 18. The first-order valence-corrected chi connectivity index (χ1v) is 16.3. The Hall–Kier alpha value is -1.78. The van der Waals surface area contributed by atoms with Crippen LogP contribution in [0.3, 0.4) is 0 Å². The van der Waals surface area contributed by atoms with Crippen LogP contribution in [-0.4, -0.2) is 72.5 Å². The van der Waals surface area contributed by atoms with E-state index in [4.69, 9.17) is 18.4 Å². The highest BCUT2D eigenvalue weighted by molar-refractivity contribution is 6.60. The molecule has 1 rings (SSSR count). The molecular weight excluding hydrogens is 518 g/mol. The van der Waals surface area contributed by atoms with Crippen LogP contribution in [-0.2, 0) is 22.9 Å². The number of hydrogen-bond acceptors (Lipinski definition) is 7. The lowest BCUT2D eigenvalue weighted by atomic mass is 9.64. The first-order chi connectivity index (χ1) is 18.4. The standard InChI is InChI=1S/C17H34N2O5Si.C11H21NO2/c1-5-6-7-8-10-16(19-15-20)11-12-17(21)18-13-9-14-25(22-2,23-3)24-4;1-10(2)5-4-6-11(3,7-10)8-12-9(13)14/h16H,5-14H2,1-4H3,(H,18,21);12H,4-8H2,1-3H3,(H,13,14). The molecule has 2 unspecified atom stereocenters. The maximum Gasteiger partial charge on any atom is 0.500 e. The second kappa shape index (κ2) is 20.1. The summed E-state index contributed by atoms with van der Waals surface area (Å²) >= 11 is 0. The van der Waals surface area contributed by atoms with Crippen molar-refractivity contribution in [1.82, 2.24) is 10.6 Å². The van der Waals surface area contributed by atoms with Crippen LogP contribution in [0, 0.1) is 10.8 Å². The first-order valence-electron chi connectivity index (χ1n) is 14.4. The third-order valence-electron chi connectivity index (χ3n) is 7.45. The van der Waals surface area contributed by atoms with Gasteiger partial charge in [-0.2, -0.15) is 0 Å². The smallest absolute Gasteiger partial charge is 0.465 e. The van der Waals surface area contributed by atoms with Crippen molar-refractivity contribution in [2.75, 3.05) is 34.4 Å². The monoisotopic (exact) mass is 573 g/mol. The Labute approximate surface area is 237 Å². The van der Waals surface area contributed by atoms with E-state index < -0.39 is 14.9 Å². The highest BCUT2D eigenvalue weighted by Gasteiger charge is 2.37. The molecule has 2 atom stereocenters. The molecular formula is C28H55N3O7Si. The fraction of sp³-hybridized carbons (Fsp3) is 0.893. The van der Waals surface area contributed by atoms with Gasteiger partial charge in [-0.25, -0.2) is 14.6 Å². The number of nitrogens with one attached hydrogen (secondary N) is 2. The summed E-state index contributed by atoms with van der Waals surface area (Å²) in [6, 6.07) is 0.544. The number of unbranched alkanes of at least 4 members (excludes halogenated alkanes) is 3. The molecule has 228 valence electrons. The normalized spacial score (nSPS) is 19.2. The van der Waals surface area contributed by atoms with E-state index in [9.17, 15) is 14.4 Å². The van der Waals surface area contributed by atoms with Crippen LogP contribution in [0.25, 0.3) is 0 Å². The van der Waals surface area contributed by atoms with Gasteiger partial charge in [-0.1, -0.05) is 59.8 Å². The van der Waals surface area contributed by atoms with E-state index >= 15 is 0 Å². The molecule has 1 aliphatic carbocycles. The molecule has 0 aromatic carbocycles. The second-order valence-electron chi connectivity index (χ2n) is 11.7.